The summed E-state index contributed by atoms with van der Waals surface area (Å²) in [4.78, 5) is 30.2. The smallest absolute Gasteiger partial charge is 0.408 e. The van der Waals surface area contributed by atoms with Crippen LogP contribution in [0.15, 0.2) is 74.0 Å². The van der Waals surface area contributed by atoms with Gasteiger partial charge in [0.1, 0.15) is 0 Å². The van der Waals surface area contributed by atoms with Crippen molar-refractivity contribution in [1.82, 2.24) is 4.98 Å². The lowest BCUT2D eigenvalue weighted by Crippen LogP contribution is -2.13. The molecule has 0 bridgehead atoms. The molecule has 2 aromatic carbocycles. The number of carbonyl (C=O) groups excluding carboxylic acids is 1. The molecule has 0 atom stereocenters. The number of aromatic nitrogens is 1. The number of rotatable bonds is 8. The third-order valence-electron chi connectivity index (χ3n) is 4.49. The van der Waals surface area contributed by atoms with Gasteiger partial charge in [-0.1, -0.05) is 36.4 Å². The first-order valence-electron chi connectivity index (χ1n) is 9.18. The highest BCUT2D eigenvalue weighted by Gasteiger charge is 2.11. The van der Waals surface area contributed by atoms with Crippen LogP contribution in [0.25, 0.3) is 11.1 Å². The molecule has 0 radical (unpaired) electrons. The second kappa shape index (κ2) is 8.99. The Balaban J connectivity index is 1.86. The van der Waals surface area contributed by atoms with Crippen molar-refractivity contribution in [1.29, 1.82) is 0 Å². The standard InChI is InChI=1S/C22H23N3O3/c1-2-24-18(12-15-6-4-3-5-7-15)17(14-21(23)26)10-8-16-9-11-20-19(13-16)25-22(27)28-20/h2-7,9,11,13H,8,10,12,14H2,1H3,(H2,23,26)(H,25,27)/b18-17+,24-2-. The lowest BCUT2D eigenvalue weighted by atomic mass is 9.97. The molecule has 3 aromatic rings. The molecule has 28 heavy (non-hydrogen) atoms. The third-order valence-corrected chi connectivity index (χ3v) is 4.49. The van der Waals surface area contributed by atoms with Crippen LogP contribution >= 0.6 is 0 Å². The Morgan fingerprint density at radius 2 is 1.96 bits per heavy atom. The molecule has 0 fully saturated rings. The van der Waals surface area contributed by atoms with Gasteiger partial charge in [-0.25, -0.2) is 4.79 Å². The fourth-order valence-corrected chi connectivity index (χ4v) is 3.20. The monoisotopic (exact) mass is 377 g/mol. The van der Waals surface area contributed by atoms with E-state index >= 15 is 0 Å². The molecule has 1 amide bonds. The number of benzene rings is 2. The highest BCUT2D eigenvalue weighted by molar-refractivity contribution is 5.77. The van der Waals surface area contributed by atoms with Crippen LogP contribution in [0.2, 0.25) is 0 Å². The SMILES string of the molecule is C/C=N\C(Cc1ccccc1)=C(/CCc1ccc2oc(=O)[nH]c2c1)CC(N)=O. The van der Waals surface area contributed by atoms with E-state index in [9.17, 15) is 9.59 Å². The molecule has 0 saturated heterocycles. The molecule has 1 heterocycles. The quantitative estimate of drug-likeness (QED) is 0.587. The van der Waals surface area contributed by atoms with Gasteiger partial charge in [-0.15, -0.1) is 0 Å². The zero-order valence-electron chi connectivity index (χ0n) is 15.8. The molecule has 0 aliphatic heterocycles. The Hall–Kier alpha value is -3.41. The number of fused-ring (bicyclic) bond motifs is 1. The number of aromatic amines is 1. The molecular formula is C22H23N3O3. The first-order chi connectivity index (χ1) is 13.5. The van der Waals surface area contributed by atoms with Gasteiger partial charge in [-0.2, -0.15) is 0 Å². The van der Waals surface area contributed by atoms with Crippen LogP contribution in [-0.2, 0) is 17.6 Å². The number of carbonyl (C=O) groups is 1. The van der Waals surface area contributed by atoms with Crippen molar-refractivity contribution in [2.24, 2.45) is 10.7 Å². The molecule has 6 heteroatoms. The largest absolute Gasteiger partial charge is 0.417 e. The van der Waals surface area contributed by atoms with Crippen molar-refractivity contribution in [3.8, 4) is 0 Å². The summed E-state index contributed by atoms with van der Waals surface area (Å²) in [6.07, 6.45) is 3.90. The van der Waals surface area contributed by atoms with Crippen LogP contribution in [0, 0.1) is 0 Å². The van der Waals surface area contributed by atoms with Crippen molar-refractivity contribution in [3.05, 3.63) is 81.5 Å². The predicted molar refractivity (Wildman–Crippen MR) is 110 cm³/mol. The highest BCUT2D eigenvalue weighted by Crippen LogP contribution is 2.22. The molecule has 144 valence electrons. The van der Waals surface area contributed by atoms with Crippen molar-refractivity contribution >= 4 is 23.2 Å². The maximum Gasteiger partial charge on any atom is 0.417 e. The number of primary amides is 1. The lowest BCUT2D eigenvalue weighted by molar-refractivity contribution is -0.117. The van der Waals surface area contributed by atoms with E-state index in [4.69, 9.17) is 10.2 Å². The van der Waals surface area contributed by atoms with E-state index in [-0.39, 0.29) is 12.3 Å². The molecule has 6 nitrogen and oxygen atoms in total. The Labute approximate surface area is 162 Å². The zero-order valence-corrected chi connectivity index (χ0v) is 15.8. The lowest BCUT2D eigenvalue weighted by Gasteiger charge is -2.12. The van der Waals surface area contributed by atoms with Crippen LogP contribution in [0.4, 0.5) is 0 Å². The van der Waals surface area contributed by atoms with Crippen LogP contribution in [0.1, 0.15) is 30.9 Å². The van der Waals surface area contributed by atoms with Gasteiger partial charge in [0.2, 0.25) is 5.91 Å². The van der Waals surface area contributed by atoms with E-state index in [1.807, 2.05) is 49.4 Å². The summed E-state index contributed by atoms with van der Waals surface area (Å²) in [6.45, 7) is 1.86. The van der Waals surface area contributed by atoms with Gasteiger partial charge in [0.25, 0.3) is 0 Å². The maximum atomic E-state index is 11.6. The normalized spacial score (nSPS) is 12.5. The summed E-state index contributed by atoms with van der Waals surface area (Å²) in [7, 11) is 0. The number of H-pyrrole nitrogens is 1. The highest BCUT2D eigenvalue weighted by atomic mass is 16.4. The Bertz CT molecular complexity index is 1080. The molecule has 0 spiro atoms. The van der Waals surface area contributed by atoms with Crippen LogP contribution < -0.4 is 11.5 Å². The summed E-state index contributed by atoms with van der Waals surface area (Å²) in [6, 6.07) is 15.6. The van der Waals surface area contributed by atoms with Crippen LogP contribution in [0.3, 0.4) is 0 Å². The van der Waals surface area contributed by atoms with Gasteiger partial charge in [-0.05, 0) is 48.6 Å². The number of nitrogens with zero attached hydrogens (tertiary/aromatic N) is 1. The van der Waals surface area contributed by atoms with E-state index in [2.05, 4.69) is 9.98 Å². The summed E-state index contributed by atoms with van der Waals surface area (Å²) < 4.78 is 5.04. The van der Waals surface area contributed by atoms with Crippen molar-refractivity contribution in [2.45, 2.75) is 32.6 Å². The van der Waals surface area contributed by atoms with Gasteiger partial charge in [-0.3, -0.25) is 14.8 Å². The minimum Gasteiger partial charge on any atom is -0.408 e. The second-order valence-corrected chi connectivity index (χ2v) is 6.59. The fraction of sp³-hybridized carbons (Fsp3) is 0.227. The fourth-order valence-electron chi connectivity index (χ4n) is 3.20. The molecule has 0 unspecified atom stereocenters. The van der Waals surface area contributed by atoms with E-state index in [0.717, 1.165) is 22.4 Å². The summed E-state index contributed by atoms with van der Waals surface area (Å²) in [5.41, 5.74) is 10.6. The minimum absolute atomic E-state index is 0.171. The van der Waals surface area contributed by atoms with Gasteiger partial charge in [0, 0.05) is 24.8 Å². The Kier molecular flexibility index (Phi) is 6.22. The maximum absolute atomic E-state index is 11.6. The van der Waals surface area contributed by atoms with Crippen molar-refractivity contribution in [3.63, 3.8) is 0 Å². The number of aryl methyl sites for hydroxylation is 1. The molecule has 3 rings (SSSR count). The average Bonchev–Trinajstić information content (AvgIpc) is 3.04. The molecule has 0 aliphatic rings. The molecule has 0 aliphatic carbocycles. The van der Waals surface area contributed by atoms with E-state index < -0.39 is 5.76 Å². The summed E-state index contributed by atoms with van der Waals surface area (Å²) >= 11 is 0. The number of hydrogen-bond acceptors (Lipinski definition) is 4. The van der Waals surface area contributed by atoms with Crippen LogP contribution in [0.5, 0.6) is 0 Å². The van der Waals surface area contributed by atoms with Gasteiger partial charge in [0.05, 0.1) is 5.52 Å². The number of oxazole rings is 1. The molecular weight excluding hydrogens is 354 g/mol. The Morgan fingerprint density at radius 1 is 1.18 bits per heavy atom. The van der Waals surface area contributed by atoms with Crippen LogP contribution in [-0.4, -0.2) is 17.1 Å². The van der Waals surface area contributed by atoms with Crippen molar-refractivity contribution < 1.29 is 9.21 Å². The first kappa shape index (κ1) is 19.4. The number of amides is 1. The topological polar surface area (TPSA) is 101 Å². The van der Waals surface area contributed by atoms with Gasteiger partial charge >= 0.3 is 5.76 Å². The van der Waals surface area contributed by atoms with Gasteiger partial charge in [0.15, 0.2) is 5.58 Å². The second-order valence-electron chi connectivity index (χ2n) is 6.59. The van der Waals surface area contributed by atoms with E-state index in [0.29, 0.717) is 30.4 Å². The first-order valence-corrected chi connectivity index (χ1v) is 9.18. The van der Waals surface area contributed by atoms with Crippen molar-refractivity contribution in [2.75, 3.05) is 0 Å². The minimum atomic E-state index is -0.469. The van der Waals surface area contributed by atoms with E-state index in [1.165, 1.54) is 0 Å². The van der Waals surface area contributed by atoms with E-state index in [1.54, 1.807) is 12.3 Å². The van der Waals surface area contributed by atoms with Gasteiger partial charge < -0.3 is 10.2 Å². The molecule has 0 saturated carbocycles. The Morgan fingerprint density at radius 3 is 2.68 bits per heavy atom. The summed E-state index contributed by atoms with van der Waals surface area (Å²) in [5, 5.41) is 0. The predicted octanol–water partition coefficient (Wildman–Crippen LogP) is 3.52. The number of aliphatic imine (C=N–C) groups is 1. The third kappa shape index (κ3) is 5.07. The zero-order chi connectivity index (χ0) is 19.9. The number of allylic oxidation sites excluding steroid dienone is 1. The average molecular weight is 377 g/mol. The number of hydrogen-bond donors (Lipinski definition) is 2. The molecule has 3 N–H and O–H groups in total. The number of nitrogens with two attached hydrogens (primary N) is 1. The number of nitrogens with one attached hydrogen (secondary N) is 1. The molecule has 1 aromatic heterocycles. The summed E-state index contributed by atoms with van der Waals surface area (Å²) in [5.74, 6) is -0.842.